The maximum absolute atomic E-state index is 13.5. The summed E-state index contributed by atoms with van der Waals surface area (Å²) in [5, 5.41) is 11.5. The summed E-state index contributed by atoms with van der Waals surface area (Å²) in [4.78, 5) is 32.5. The molecule has 0 saturated carbocycles. The molecule has 5 rings (SSSR count). The van der Waals surface area contributed by atoms with Crippen molar-refractivity contribution in [2.75, 3.05) is 4.90 Å². The molecule has 5 nitrogen and oxygen atoms in total. The Balaban J connectivity index is 1.71. The van der Waals surface area contributed by atoms with Gasteiger partial charge in [-0.05, 0) is 60.9 Å². The molecular formula is C27H21FN2O3S. The lowest BCUT2D eigenvalue weighted by atomic mass is 9.95. The first-order chi connectivity index (χ1) is 16.4. The molecule has 170 valence electrons. The summed E-state index contributed by atoms with van der Waals surface area (Å²) in [5.41, 5.74) is 3.78. The van der Waals surface area contributed by atoms with E-state index in [4.69, 9.17) is 0 Å². The monoisotopic (exact) mass is 472 g/mol. The van der Waals surface area contributed by atoms with E-state index in [0.29, 0.717) is 10.7 Å². The number of thiazole rings is 1. The van der Waals surface area contributed by atoms with Crippen LogP contribution in [0.1, 0.15) is 35.2 Å². The van der Waals surface area contributed by atoms with E-state index in [-0.39, 0.29) is 16.9 Å². The number of halogens is 1. The molecule has 0 radical (unpaired) electrons. The Morgan fingerprint density at radius 3 is 2.44 bits per heavy atom. The van der Waals surface area contributed by atoms with Crippen molar-refractivity contribution in [1.29, 1.82) is 0 Å². The topological polar surface area (TPSA) is 70.5 Å². The van der Waals surface area contributed by atoms with E-state index < -0.39 is 23.5 Å². The highest BCUT2D eigenvalue weighted by Gasteiger charge is 2.48. The molecule has 1 N–H and O–H groups in total. The Morgan fingerprint density at radius 1 is 1.06 bits per heavy atom. The van der Waals surface area contributed by atoms with Crippen LogP contribution >= 0.6 is 11.3 Å². The fourth-order valence-electron chi connectivity index (χ4n) is 4.14. The molecule has 0 spiro atoms. The molecule has 1 unspecified atom stereocenters. The quantitative estimate of drug-likeness (QED) is 0.227. The first-order valence-corrected chi connectivity index (χ1v) is 11.7. The molecule has 0 aliphatic carbocycles. The van der Waals surface area contributed by atoms with Gasteiger partial charge in [0.1, 0.15) is 11.6 Å². The lowest BCUT2D eigenvalue weighted by Crippen LogP contribution is -2.29. The van der Waals surface area contributed by atoms with E-state index >= 15 is 0 Å². The van der Waals surface area contributed by atoms with Crippen molar-refractivity contribution in [3.05, 3.63) is 100 Å². The summed E-state index contributed by atoms with van der Waals surface area (Å²) in [5.74, 6) is -2.38. The van der Waals surface area contributed by atoms with Crippen LogP contribution in [-0.4, -0.2) is 21.8 Å². The second-order valence-corrected chi connectivity index (χ2v) is 9.25. The van der Waals surface area contributed by atoms with Crippen LogP contribution in [-0.2, 0) is 16.0 Å². The fraction of sp³-hybridized carbons (Fsp3) is 0.148. The van der Waals surface area contributed by atoms with Gasteiger partial charge in [0.2, 0.25) is 0 Å². The van der Waals surface area contributed by atoms with Crippen molar-refractivity contribution in [2.45, 2.75) is 26.3 Å². The average Bonchev–Trinajstić information content (AvgIpc) is 3.37. The number of carbonyl (C=O) groups is 2. The number of carbonyl (C=O) groups excluding carboxylic acids is 2. The number of hydrogen-bond donors (Lipinski definition) is 1. The Hall–Kier alpha value is -3.84. The molecule has 1 aliphatic heterocycles. The number of benzene rings is 3. The van der Waals surface area contributed by atoms with Crippen LogP contribution < -0.4 is 4.90 Å². The largest absolute Gasteiger partial charge is 0.507 e. The predicted octanol–water partition coefficient (Wildman–Crippen LogP) is 5.93. The van der Waals surface area contributed by atoms with Crippen LogP contribution in [0.4, 0.5) is 9.52 Å². The van der Waals surface area contributed by atoms with Crippen molar-refractivity contribution in [2.24, 2.45) is 0 Å². The van der Waals surface area contributed by atoms with Gasteiger partial charge >= 0.3 is 5.91 Å². The second kappa shape index (κ2) is 8.50. The summed E-state index contributed by atoms with van der Waals surface area (Å²) in [6.07, 6.45) is 0.870. The van der Waals surface area contributed by atoms with Gasteiger partial charge in [-0.3, -0.25) is 14.5 Å². The van der Waals surface area contributed by atoms with Gasteiger partial charge in [-0.2, -0.15) is 0 Å². The summed E-state index contributed by atoms with van der Waals surface area (Å²) >= 11 is 1.33. The number of ketones is 1. The van der Waals surface area contributed by atoms with Crippen LogP contribution in [0.2, 0.25) is 0 Å². The molecule has 7 heteroatoms. The molecule has 1 fully saturated rings. The highest BCUT2D eigenvalue weighted by molar-refractivity contribution is 7.22. The van der Waals surface area contributed by atoms with Crippen molar-refractivity contribution < 1.29 is 19.1 Å². The number of fused-ring (bicyclic) bond motifs is 1. The Labute approximate surface area is 199 Å². The van der Waals surface area contributed by atoms with Gasteiger partial charge in [0.15, 0.2) is 5.13 Å². The third-order valence-electron chi connectivity index (χ3n) is 6.01. The summed E-state index contributed by atoms with van der Waals surface area (Å²) in [6.45, 7) is 4.01. The molecule has 1 amide bonds. The van der Waals surface area contributed by atoms with Crippen LogP contribution in [0.15, 0.2) is 72.3 Å². The number of anilines is 1. The number of aryl methyl sites for hydroxylation is 2. The highest BCUT2D eigenvalue weighted by Crippen LogP contribution is 2.44. The zero-order valence-corrected chi connectivity index (χ0v) is 19.4. The smallest absolute Gasteiger partial charge is 0.301 e. The van der Waals surface area contributed by atoms with E-state index in [9.17, 15) is 19.1 Å². The predicted molar refractivity (Wildman–Crippen MR) is 131 cm³/mol. The van der Waals surface area contributed by atoms with E-state index in [1.54, 1.807) is 0 Å². The summed E-state index contributed by atoms with van der Waals surface area (Å²) in [6, 6.07) is 17.7. The van der Waals surface area contributed by atoms with Crippen LogP contribution in [0.25, 0.3) is 16.0 Å². The third kappa shape index (κ3) is 3.68. The molecule has 1 aromatic heterocycles. The Morgan fingerprint density at radius 2 is 1.76 bits per heavy atom. The number of rotatable bonds is 4. The van der Waals surface area contributed by atoms with E-state index in [0.717, 1.165) is 27.8 Å². The normalized spacial score (nSPS) is 17.6. The number of aliphatic hydroxyl groups excluding tert-OH is 1. The molecular weight excluding hydrogens is 451 g/mol. The van der Waals surface area contributed by atoms with Gasteiger partial charge in [-0.1, -0.05) is 54.2 Å². The lowest BCUT2D eigenvalue weighted by Gasteiger charge is -2.23. The standard InChI is InChI=1S/C27H21FN2O3S/c1-3-16-6-13-20-21(14-16)34-27(29-20)30-23(17-7-4-15(2)5-8-17)22(25(32)26(30)33)24(31)18-9-11-19(28)12-10-18/h4-14,23,31H,3H2,1-2H3/b24-22+. The molecule has 2 heterocycles. The maximum Gasteiger partial charge on any atom is 0.301 e. The number of nitrogens with zero attached hydrogens (tertiary/aromatic N) is 2. The Kier molecular flexibility index (Phi) is 5.49. The molecule has 34 heavy (non-hydrogen) atoms. The number of aliphatic hydroxyl groups is 1. The van der Waals surface area contributed by atoms with Crippen molar-refractivity contribution in [3.63, 3.8) is 0 Å². The van der Waals surface area contributed by atoms with Gasteiger partial charge in [-0.25, -0.2) is 9.37 Å². The zero-order chi connectivity index (χ0) is 24.0. The molecule has 0 bridgehead atoms. The van der Waals surface area contributed by atoms with E-state index in [1.165, 1.54) is 40.5 Å². The number of hydrogen-bond acceptors (Lipinski definition) is 5. The van der Waals surface area contributed by atoms with Gasteiger partial charge in [-0.15, -0.1) is 0 Å². The second-order valence-electron chi connectivity index (χ2n) is 8.24. The molecule has 1 aliphatic rings. The van der Waals surface area contributed by atoms with Crippen LogP contribution in [0, 0.1) is 12.7 Å². The molecule has 4 aromatic rings. The van der Waals surface area contributed by atoms with Gasteiger partial charge in [0.25, 0.3) is 5.78 Å². The van der Waals surface area contributed by atoms with Gasteiger partial charge in [0.05, 0.1) is 21.8 Å². The lowest BCUT2D eigenvalue weighted by molar-refractivity contribution is -0.132. The summed E-state index contributed by atoms with van der Waals surface area (Å²) in [7, 11) is 0. The van der Waals surface area contributed by atoms with Crippen LogP contribution in [0.3, 0.4) is 0 Å². The van der Waals surface area contributed by atoms with E-state index in [1.807, 2.05) is 49.4 Å². The fourth-order valence-corrected chi connectivity index (χ4v) is 5.19. The summed E-state index contributed by atoms with van der Waals surface area (Å²) < 4.78 is 14.4. The third-order valence-corrected chi connectivity index (χ3v) is 7.03. The van der Waals surface area contributed by atoms with Gasteiger partial charge < -0.3 is 5.11 Å². The maximum atomic E-state index is 13.5. The molecule has 3 aromatic carbocycles. The van der Waals surface area contributed by atoms with Crippen molar-refractivity contribution >= 4 is 44.1 Å². The average molecular weight is 473 g/mol. The molecule has 1 atom stereocenters. The van der Waals surface area contributed by atoms with Gasteiger partial charge in [0, 0.05) is 5.56 Å². The number of amides is 1. The number of aromatic nitrogens is 1. The minimum Gasteiger partial charge on any atom is -0.507 e. The van der Waals surface area contributed by atoms with Crippen molar-refractivity contribution in [1.82, 2.24) is 4.98 Å². The first-order valence-electron chi connectivity index (χ1n) is 10.9. The highest BCUT2D eigenvalue weighted by atomic mass is 32.1. The zero-order valence-electron chi connectivity index (χ0n) is 18.6. The van der Waals surface area contributed by atoms with Crippen molar-refractivity contribution in [3.8, 4) is 0 Å². The van der Waals surface area contributed by atoms with Crippen LogP contribution in [0.5, 0.6) is 0 Å². The minimum atomic E-state index is -0.864. The Bertz CT molecular complexity index is 1460. The van der Waals surface area contributed by atoms with E-state index in [2.05, 4.69) is 11.9 Å². The number of Topliss-reactive ketones (excluding diaryl/α,β-unsaturated/α-hetero) is 1. The minimum absolute atomic E-state index is 0.0473. The first kappa shape index (κ1) is 22.0. The molecule has 1 saturated heterocycles. The SMILES string of the molecule is CCc1ccc2nc(N3C(=O)C(=O)/C(=C(/O)c4ccc(F)cc4)C3c3ccc(C)cc3)sc2c1.